The molecule has 1 rings (SSSR count). The molecule has 0 amide bonds. The third-order valence-corrected chi connectivity index (χ3v) is 3.35. The largest absolute Gasteiger partial charge is 1.00 e. The predicted molar refractivity (Wildman–Crippen MR) is 50.2 cm³/mol. The van der Waals surface area contributed by atoms with Crippen molar-refractivity contribution in [3.63, 3.8) is 0 Å². The molecule has 0 heterocycles. The van der Waals surface area contributed by atoms with E-state index in [1.54, 1.807) is 0 Å². The van der Waals surface area contributed by atoms with Crippen molar-refractivity contribution in [1.29, 1.82) is 0 Å². The Morgan fingerprint density at radius 2 is 1.60 bits per heavy atom. The summed E-state index contributed by atoms with van der Waals surface area (Å²) in [5.41, 5.74) is 0. The van der Waals surface area contributed by atoms with Gasteiger partial charge < -0.3 is 1.43 Å². The van der Waals surface area contributed by atoms with Crippen LogP contribution in [-0.2, 0) is 0 Å². The van der Waals surface area contributed by atoms with E-state index in [1.807, 2.05) is 18.2 Å². The molecule has 1 aromatic rings. The Hall–Kier alpha value is 1.53. The van der Waals surface area contributed by atoms with Crippen LogP contribution in [0.5, 0.6) is 0 Å². The number of halogens is 2. The van der Waals surface area contributed by atoms with Gasteiger partial charge in [0.15, 0.2) is 0 Å². The van der Waals surface area contributed by atoms with Crippen molar-refractivity contribution >= 4 is 44.5 Å². The minimum atomic E-state index is 0. The average molecular weight is 292 g/mol. The van der Waals surface area contributed by atoms with Gasteiger partial charge in [-0.05, 0) is 44.0 Å². The van der Waals surface area contributed by atoms with Gasteiger partial charge in [0.05, 0.1) is 0 Å². The first-order valence-electron chi connectivity index (χ1n) is 2.35. The average Bonchev–Trinajstić information content (AvgIpc) is 1.83. The second kappa shape index (κ2) is 5.22. The van der Waals surface area contributed by atoms with Gasteiger partial charge in [-0.15, -0.1) is 12.6 Å². The van der Waals surface area contributed by atoms with Crippen molar-refractivity contribution in [3.8, 4) is 0 Å². The Kier molecular flexibility index (Phi) is 6.02. The van der Waals surface area contributed by atoms with Crippen LogP contribution < -0.4 is 29.6 Å². The molecule has 0 fully saturated rings. The summed E-state index contributed by atoms with van der Waals surface area (Å²) in [7, 11) is 0. The van der Waals surface area contributed by atoms with Crippen LogP contribution in [0.25, 0.3) is 0 Å². The van der Waals surface area contributed by atoms with Crippen molar-refractivity contribution in [2.75, 3.05) is 0 Å². The number of hydrogen-bond acceptors (Lipinski definition) is 1. The van der Waals surface area contributed by atoms with Crippen molar-refractivity contribution in [1.82, 2.24) is 0 Å². The number of rotatable bonds is 0. The van der Waals surface area contributed by atoms with Crippen LogP contribution in [0.2, 0.25) is 0 Å². The molecule has 4 heteroatoms. The first-order chi connectivity index (χ1) is 4.22. The summed E-state index contributed by atoms with van der Waals surface area (Å²) >= 11 is 10.9. The topological polar surface area (TPSA) is 0 Å². The van der Waals surface area contributed by atoms with Crippen LogP contribution in [0.3, 0.4) is 0 Å². The molecule has 0 N–H and O–H groups in total. The van der Waals surface area contributed by atoms with Gasteiger partial charge >= 0.3 is 29.6 Å². The van der Waals surface area contributed by atoms with Gasteiger partial charge in [-0.3, -0.25) is 0 Å². The van der Waals surface area contributed by atoms with Gasteiger partial charge in [0, 0.05) is 13.8 Å². The zero-order chi connectivity index (χ0) is 6.85. The molecule has 0 spiro atoms. The summed E-state index contributed by atoms with van der Waals surface area (Å²) in [6.45, 7) is 0. The molecule has 0 unspecified atom stereocenters. The van der Waals surface area contributed by atoms with Gasteiger partial charge in [0.1, 0.15) is 0 Å². The van der Waals surface area contributed by atoms with Crippen molar-refractivity contribution in [3.05, 3.63) is 27.1 Å². The standard InChI is InChI=1S/C6H4Br2S.Na.H/c7-4-2-1-3-5(8)6(4)9;;/h1-3,9H;;/q;+1;-1. The van der Waals surface area contributed by atoms with Crippen LogP contribution >= 0.6 is 44.5 Å². The first-order valence-corrected chi connectivity index (χ1v) is 4.38. The summed E-state index contributed by atoms with van der Waals surface area (Å²) in [4.78, 5) is 0.942. The minimum absolute atomic E-state index is 0. The van der Waals surface area contributed by atoms with Crippen LogP contribution in [0.1, 0.15) is 1.43 Å². The molecule has 10 heavy (non-hydrogen) atoms. The van der Waals surface area contributed by atoms with Crippen LogP contribution in [0.4, 0.5) is 0 Å². The Morgan fingerprint density at radius 1 is 1.20 bits per heavy atom. The molecule has 1 aromatic carbocycles. The maximum absolute atomic E-state index is 4.22. The van der Waals surface area contributed by atoms with Gasteiger partial charge in [0.2, 0.25) is 0 Å². The van der Waals surface area contributed by atoms with E-state index < -0.39 is 0 Å². The van der Waals surface area contributed by atoms with E-state index in [-0.39, 0.29) is 31.0 Å². The molecular formula is C6H5Br2NaS. The Balaban J connectivity index is 0. The zero-order valence-electron chi connectivity index (χ0n) is 6.44. The van der Waals surface area contributed by atoms with E-state index in [9.17, 15) is 0 Å². The molecular weight excluding hydrogens is 287 g/mol. The molecule has 0 radical (unpaired) electrons. The smallest absolute Gasteiger partial charge is 1.00 e. The second-order valence-electron chi connectivity index (χ2n) is 1.57. The van der Waals surface area contributed by atoms with Crippen LogP contribution in [0, 0.1) is 0 Å². The zero-order valence-corrected chi connectivity index (χ0v) is 11.5. The van der Waals surface area contributed by atoms with Gasteiger partial charge in [-0.25, -0.2) is 0 Å². The molecule has 0 atom stereocenters. The minimum Gasteiger partial charge on any atom is -1.00 e. The second-order valence-corrected chi connectivity index (χ2v) is 3.73. The van der Waals surface area contributed by atoms with Crippen molar-refractivity contribution in [2.45, 2.75) is 4.90 Å². The Morgan fingerprint density at radius 3 is 1.90 bits per heavy atom. The fourth-order valence-electron chi connectivity index (χ4n) is 0.489. The van der Waals surface area contributed by atoms with E-state index in [0.717, 1.165) is 13.8 Å². The van der Waals surface area contributed by atoms with E-state index >= 15 is 0 Å². The molecule has 0 aromatic heterocycles. The molecule has 0 saturated heterocycles. The van der Waals surface area contributed by atoms with Crippen molar-refractivity contribution in [2.24, 2.45) is 0 Å². The van der Waals surface area contributed by atoms with Gasteiger partial charge in [-0.2, -0.15) is 0 Å². The fraction of sp³-hybridized carbons (Fsp3) is 0. The summed E-state index contributed by atoms with van der Waals surface area (Å²) in [6.07, 6.45) is 0. The number of benzene rings is 1. The maximum Gasteiger partial charge on any atom is 1.00 e. The molecule has 0 aliphatic rings. The predicted octanol–water partition coefficient (Wildman–Crippen LogP) is 0.617. The first kappa shape index (κ1) is 11.5. The van der Waals surface area contributed by atoms with E-state index in [4.69, 9.17) is 0 Å². The molecule has 50 valence electrons. The van der Waals surface area contributed by atoms with E-state index in [1.165, 1.54) is 0 Å². The normalized spacial score (nSPS) is 8.70. The third kappa shape index (κ3) is 2.88. The van der Waals surface area contributed by atoms with Gasteiger partial charge in [-0.1, -0.05) is 6.07 Å². The van der Waals surface area contributed by atoms with E-state index in [2.05, 4.69) is 44.5 Å². The molecule has 0 aliphatic heterocycles. The van der Waals surface area contributed by atoms with Crippen molar-refractivity contribution < 1.29 is 31.0 Å². The Labute approximate surface area is 106 Å². The van der Waals surface area contributed by atoms with E-state index in [0.29, 0.717) is 0 Å². The fourth-order valence-corrected chi connectivity index (χ4v) is 1.64. The SMILES string of the molecule is Sc1c(Br)cccc1Br.[H-].[Na+]. The molecule has 0 nitrogen and oxygen atoms in total. The summed E-state index contributed by atoms with van der Waals surface area (Å²) in [6, 6.07) is 5.86. The molecule has 0 aliphatic carbocycles. The maximum atomic E-state index is 4.22. The van der Waals surface area contributed by atoms with Gasteiger partial charge in [0.25, 0.3) is 0 Å². The molecule has 0 bridgehead atoms. The van der Waals surface area contributed by atoms with Crippen LogP contribution in [-0.4, -0.2) is 0 Å². The quantitative estimate of drug-likeness (QED) is 0.526. The summed E-state index contributed by atoms with van der Waals surface area (Å²) in [5.74, 6) is 0. The summed E-state index contributed by atoms with van der Waals surface area (Å²) < 4.78 is 2.03. The number of hydrogen-bond donors (Lipinski definition) is 1. The molecule has 0 saturated carbocycles. The monoisotopic (exact) mass is 290 g/mol. The number of thiol groups is 1. The third-order valence-electron chi connectivity index (χ3n) is 0.938. The summed E-state index contributed by atoms with van der Waals surface area (Å²) in [5, 5.41) is 0. The Bertz CT molecular complexity index is 212. The van der Waals surface area contributed by atoms with Crippen LogP contribution in [0.15, 0.2) is 32.0 Å².